The molecule has 9 heteroatoms. The molecule has 1 amide bonds. The molecule has 0 saturated carbocycles. The number of dihydropyridines is 1. The summed E-state index contributed by atoms with van der Waals surface area (Å²) in [4.78, 5) is 26.4. The first-order chi connectivity index (χ1) is 15.6. The van der Waals surface area contributed by atoms with E-state index in [1.165, 1.54) is 0 Å². The number of nitrogens with one attached hydrogen (secondary N) is 2. The number of carbonyl (C=O) groups excluding carboxylic acids is 2. The lowest BCUT2D eigenvalue weighted by molar-refractivity contribution is -0.137. The summed E-state index contributed by atoms with van der Waals surface area (Å²) in [5, 5.41) is 6.00. The van der Waals surface area contributed by atoms with Crippen LogP contribution in [-0.4, -0.2) is 11.7 Å². The minimum absolute atomic E-state index is 0.0405. The van der Waals surface area contributed by atoms with Crippen molar-refractivity contribution in [2.75, 3.05) is 5.32 Å². The van der Waals surface area contributed by atoms with Crippen LogP contribution in [0.1, 0.15) is 43.2 Å². The maximum Gasteiger partial charge on any atom is 0.416 e. The largest absolute Gasteiger partial charge is 0.416 e. The third-order valence-corrected chi connectivity index (χ3v) is 6.45. The van der Waals surface area contributed by atoms with E-state index in [2.05, 4.69) is 10.6 Å². The summed E-state index contributed by atoms with van der Waals surface area (Å²) in [6.45, 7) is 1.69. The summed E-state index contributed by atoms with van der Waals surface area (Å²) < 4.78 is 39.5. The summed E-state index contributed by atoms with van der Waals surface area (Å²) >= 11 is 12.5. The minimum Gasteiger partial charge on any atom is -0.362 e. The van der Waals surface area contributed by atoms with Gasteiger partial charge in [0.15, 0.2) is 5.78 Å². The lowest BCUT2D eigenvalue weighted by Crippen LogP contribution is -2.35. The Morgan fingerprint density at radius 2 is 1.82 bits per heavy atom. The molecule has 2 aromatic carbocycles. The van der Waals surface area contributed by atoms with E-state index in [1.807, 2.05) is 0 Å². The molecule has 2 aromatic rings. The van der Waals surface area contributed by atoms with Gasteiger partial charge in [-0.2, -0.15) is 13.2 Å². The fourth-order valence-electron chi connectivity index (χ4n) is 4.29. The Bertz CT molecular complexity index is 1220. The fraction of sp³-hybridized carbons (Fsp3) is 0.250. The Balaban J connectivity index is 1.79. The number of hydrogen-bond donors (Lipinski definition) is 2. The zero-order valence-electron chi connectivity index (χ0n) is 17.4. The molecular formula is C24H19Cl2F3N2O2. The lowest BCUT2D eigenvalue weighted by Gasteiger charge is -2.35. The molecule has 172 valence electrons. The third-order valence-electron chi connectivity index (χ3n) is 5.78. The molecule has 2 N–H and O–H groups in total. The quantitative estimate of drug-likeness (QED) is 0.504. The molecular weight excluding hydrogens is 476 g/mol. The second-order valence-corrected chi connectivity index (χ2v) is 8.75. The fourth-order valence-corrected chi connectivity index (χ4v) is 4.70. The first-order valence-corrected chi connectivity index (χ1v) is 11.0. The number of carbonyl (C=O) groups is 2. The summed E-state index contributed by atoms with van der Waals surface area (Å²) in [7, 11) is 0. The number of alkyl halides is 3. The number of ketones is 1. The molecule has 1 aliphatic carbocycles. The number of Topliss-reactive ketones (excluding diaryl/α,β-unsaturated/α-hetero) is 1. The van der Waals surface area contributed by atoms with Gasteiger partial charge in [-0.05, 0) is 49.6 Å². The second-order valence-electron chi connectivity index (χ2n) is 7.93. The van der Waals surface area contributed by atoms with E-state index >= 15 is 0 Å². The number of amides is 1. The normalized spacial score (nSPS) is 18.7. The van der Waals surface area contributed by atoms with Crippen LogP contribution in [0.15, 0.2) is 65.0 Å². The Hall–Kier alpha value is -2.77. The van der Waals surface area contributed by atoms with E-state index in [9.17, 15) is 22.8 Å². The molecule has 1 unspecified atom stereocenters. The third kappa shape index (κ3) is 4.52. The molecule has 1 atom stereocenters. The average Bonchev–Trinajstić information content (AvgIpc) is 2.74. The summed E-state index contributed by atoms with van der Waals surface area (Å²) in [6, 6.07) is 9.61. The zero-order chi connectivity index (χ0) is 23.9. The highest BCUT2D eigenvalue weighted by Gasteiger charge is 2.39. The molecule has 4 rings (SSSR count). The molecule has 0 aromatic heterocycles. The van der Waals surface area contributed by atoms with Gasteiger partial charge in [-0.1, -0.05) is 41.4 Å². The molecule has 4 nitrogen and oxygen atoms in total. The summed E-state index contributed by atoms with van der Waals surface area (Å²) in [5.74, 6) is -1.52. The van der Waals surface area contributed by atoms with Gasteiger partial charge in [0.05, 0.1) is 16.3 Å². The van der Waals surface area contributed by atoms with E-state index in [-0.39, 0.29) is 22.1 Å². The number of allylic oxidation sites excluding steroid dienone is 3. The van der Waals surface area contributed by atoms with Crippen molar-refractivity contribution in [3.05, 3.63) is 86.2 Å². The van der Waals surface area contributed by atoms with Gasteiger partial charge in [0, 0.05) is 39.9 Å². The molecule has 0 saturated heterocycles. The molecule has 0 radical (unpaired) electrons. The summed E-state index contributed by atoms with van der Waals surface area (Å²) in [5.41, 5.74) is 1.35. The van der Waals surface area contributed by atoms with Crippen molar-refractivity contribution >= 4 is 40.6 Å². The Morgan fingerprint density at radius 3 is 2.52 bits per heavy atom. The maximum absolute atomic E-state index is 13.4. The minimum atomic E-state index is -4.60. The number of halogens is 5. The lowest BCUT2D eigenvalue weighted by atomic mass is 9.75. The zero-order valence-corrected chi connectivity index (χ0v) is 19.0. The van der Waals surface area contributed by atoms with Crippen LogP contribution in [0.5, 0.6) is 0 Å². The molecule has 1 heterocycles. The second kappa shape index (κ2) is 8.88. The Kier molecular flexibility index (Phi) is 6.29. The van der Waals surface area contributed by atoms with Crippen LogP contribution in [0.25, 0.3) is 0 Å². The standard InChI is InChI=1S/C24H19Cl2F3N2O2/c1-12-20(23(33)31-18-11-13(24(27,28)29)9-10-16(18)26)21(14-5-2-3-6-15(14)25)22-17(30-12)7-4-8-19(22)32/h2-3,5-6,9-11,21,30H,4,7-8H2,1H3,(H,31,33). The highest BCUT2D eigenvalue weighted by Crippen LogP contribution is 2.44. The van der Waals surface area contributed by atoms with Crippen molar-refractivity contribution in [2.24, 2.45) is 0 Å². The van der Waals surface area contributed by atoms with E-state index < -0.39 is 23.6 Å². The van der Waals surface area contributed by atoms with Crippen LogP contribution in [0.2, 0.25) is 10.0 Å². The highest BCUT2D eigenvalue weighted by molar-refractivity contribution is 6.34. The smallest absolute Gasteiger partial charge is 0.362 e. The van der Waals surface area contributed by atoms with Crippen molar-refractivity contribution in [3.63, 3.8) is 0 Å². The number of anilines is 1. The number of benzene rings is 2. The van der Waals surface area contributed by atoms with Gasteiger partial charge in [0.2, 0.25) is 0 Å². The van der Waals surface area contributed by atoms with Crippen LogP contribution in [0, 0.1) is 0 Å². The van der Waals surface area contributed by atoms with Crippen molar-refractivity contribution in [1.82, 2.24) is 5.32 Å². The highest BCUT2D eigenvalue weighted by atomic mass is 35.5. The average molecular weight is 495 g/mol. The summed E-state index contributed by atoms with van der Waals surface area (Å²) in [6.07, 6.45) is -2.92. The molecule has 33 heavy (non-hydrogen) atoms. The topological polar surface area (TPSA) is 58.2 Å². The molecule has 2 aliphatic rings. The SMILES string of the molecule is CC1=C(C(=O)Nc2cc(C(F)(F)F)ccc2Cl)C(c2ccccc2Cl)C2=C(CCCC2=O)N1. The number of rotatable bonds is 3. The van der Waals surface area contributed by atoms with Gasteiger partial charge >= 0.3 is 6.18 Å². The molecule has 0 bridgehead atoms. The van der Waals surface area contributed by atoms with Gasteiger partial charge in [0.25, 0.3) is 5.91 Å². The van der Waals surface area contributed by atoms with Gasteiger partial charge in [-0.15, -0.1) is 0 Å². The van der Waals surface area contributed by atoms with Crippen LogP contribution < -0.4 is 10.6 Å². The Morgan fingerprint density at radius 1 is 1.09 bits per heavy atom. The van der Waals surface area contributed by atoms with E-state index in [0.29, 0.717) is 41.1 Å². The van der Waals surface area contributed by atoms with E-state index in [1.54, 1.807) is 31.2 Å². The van der Waals surface area contributed by atoms with Crippen molar-refractivity contribution in [1.29, 1.82) is 0 Å². The van der Waals surface area contributed by atoms with Crippen LogP contribution in [-0.2, 0) is 15.8 Å². The number of hydrogen-bond acceptors (Lipinski definition) is 3. The van der Waals surface area contributed by atoms with Crippen molar-refractivity contribution < 1.29 is 22.8 Å². The van der Waals surface area contributed by atoms with Crippen LogP contribution in [0.4, 0.5) is 18.9 Å². The van der Waals surface area contributed by atoms with Gasteiger partial charge in [-0.3, -0.25) is 9.59 Å². The first kappa shape index (κ1) is 23.4. The van der Waals surface area contributed by atoms with Crippen LogP contribution in [0.3, 0.4) is 0 Å². The van der Waals surface area contributed by atoms with Gasteiger partial charge in [0.1, 0.15) is 0 Å². The predicted octanol–water partition coefficient (Wildman–Crippen LogP) is 6.62. The van der Waals surface area contributed by atoms with Crippen LogP contribution >= 0.6 is 23.2 Å². The monoisotopic (exact) mass is 494 g/mol. The molecule has 0 fully saturated rings. The van der Waals surface area contributed by atoms with Crippen molar-refractivity contribution in [2.45, 2.75) is 38.3 Å². The molecule has 1 aliphatic heterocycles. The van der Waals surface area contributed by atoms with Gasteiger partial charge < -0.3 is 10.6 Å². The maximum atomic E-state index is 13.4. The van der Waals surface area contributed by atoms with Crippen molar-refractivity contribution in [3.8, 4) is 0 Å². The first-order valence-electron chi connectivity index (χ1n) is 10.2. The van der Waals surface area contributed by atoms with E-state index in [0.717, 1.165) is 23.9 Å². The van der Waals surface area contributed by atoms with E-state index in [4.69, 9.17) is 23.2 Å². The van der Waals surface area contributed by atoms with Gasteiger partial charge in [-0.25, -0.2) is 0 Å². The predicted molar refractivity (Wildman–Crippen MR) is 121 cm³/mol. The molecule has 0 spiro atoms. The Labute approximate surface area is 198 Å².